The molecule has 0 N–H and O–H groups in total. The first-order valence-electron chi connectivity index (χ1n) is 3.06. The maximum absolute atomic E-state index is 5.44. The zero-order valence-corrected chi connectivity index (χ0v) is 6.25. The van der Waals surface area contributed by atoms with E-state index in [-0.39, 0.29) is 0 Å². The minimum atomic E-state index is 0.550. The fraction of sp³-hybridized carbons (Fsp3) is 0.125. The van der Waals surface area contributed by atoms with E-state index in [9.17, 15) is 0 Å². The van der Waals surface area contributed by atoms with Crippen molar-refractivity contribution in [3.05, 3.63) is 36.2 Å². The highest BCUT2D eigenvalue weighted by molar-refractivity contribution is 6.19. The van der Waals surface area contributed by atoms with Crippen molar-refractivity contribution in [1.82, 2.24) is 4.98 Å². The first-order chi connectivity index (χ1) is 4.93. The van der Waals surface area contributed by atoms with Crippen LogP contribution in [0.2, 0.25) is 0 Å². The quantitative estimate of drug-likeness (QED) is 0.595. The van der Waals surface area contributed by atoms with Crippen LogP contribution >= 0.6 is 11.6 Å². The average molecular weight is 154 g/mol. The molecular formula is C8H8ClN. The van der Waals surface area contributed by atoms with Crippen molar-refractivity contribution in [2.75, 3.05) is 5.88 Å². The number of halogens is 1. The molecule has 1 rings (SSSR count). The molecule has 52 valence electrons. The number of nitrogens with zero attached hydrogens (tertiary/aromatic N) is 1. The Labute approximate surface area is 65.4 Å². The third kappa shape index (κ3) is 2.19. The molecule has 0 atom stereocenters. The van der Waals surface area contributed by atoms with Gasteiger partial charge in [0.2, 0.25) is 0 Å². The van der Waals surface area contributed by atoms with Crippen LogP contribution in [0.3, 0.4) is 0 Å². The average Bonchev–Trinajstić information content (AvgIpc) is 2.03. The SMILES string of the molecule is ClC/C=C\c1cccnc1. The number of alkyl halides is 1. The number of rotatable bonds is 2. The molecule has 0 amide bonds. The molecular weight excluding hydrogens is 146 g/mol. The summed E-state index contributed by atoms with van der Waals surface area (Å²) in [5, 5.41) is 0. The molecule has 1 heterocycles. The van der Waals surface area contributed by atoms with E-state index < -0.39 is 0 Å². The molecule has 10 heavy (non-hydrogen) atoms. The van der Waals surface area contributed by atoms with Gasteiger partial charge in [-0.2, -0.15) is 0 Å². The van der Waals surface area contributed by atoms with E-state index in [2.05, 4.69) is 4.98 Å². The third-order valence-corrected chi connectivity index (χ3v) is 1.26. The van der Waals surface area contributed by atoms with Crippen LogP contribution < -0.4 is 0 Å². The molecule has 0 bridgehead atoms. The topological polar surface area (TPSA) is 12.9 Å². The molecule has 0 aliphatic carbocycles. The lowest BCUT2D eigenvalue weighted by Gasteiger charge is -1.87. The van der Waals surface area contributed by atoms with Crippen molar-refractivity contribution in [1.29, 1.82) is 0 Å². The highest BCUT2D eigenvalue weighted by atomic mass is 35.5. The maximum atomic E-state index is 5.44. The van der Waals surface area contributed by atoms with Crippen molar-refractivity contribution in [2.24, 2.45) is 0 Å². The lowest BCUT2D eigenvalue weighted by Crippen LogP contribution is -1.72. The van der Waals surface area contributed by atoms with Crippen LogP contribution in [0, 0.1) is 0 Å². The predicted molar refractivity (Wildman–Crippen MR) is 44.0 cm³/mol. The largest absolute Gasteiger partial charge is 0.264 e. The van der Waals surface area contributed by atoms with Crippen molar-refractivity contribution < 1.29 is 0 Å². The molecule has 1 aromatic rings. The molecule has 1 aromatic heterocycles. The van der Waals surface area contributed by atoms with Crippen molar-refractivity contribution in [3.8, 4) is 0 Å². The summed E-state index contributed by atoms with van der Waals surface area (Å²) in [5.41, 5.74) is 1.09. The van der Waals surface area contributed by atoms with Gasteiger partial charge in [-0.15, -0.1) is 11.6 Å². The van der Waals surface area contributed by atoms with Crippen LogP contribution in [0.4, 0.5) is 0 Å². The van der Waals surface area contributed by atoms with E-state index in [1.165, 1.54) is 0 Å². The van der Waals surface area contributed by atoms with Crippen molar-refractivity contribution >= 4 is 17.7 Å². The number of hydrogen-bond donors (Lipinski definition) is 0. The number of hydrogen-bond acceptors (Lipinski definition) is 1. The van der Waals surface area contributed by atoms with Crippen LogP contribution in [0.1, 0.15) is 5.56 Å². The Morgan fingerprint density at radius 2 is 2.50 bits per heavy atom. The molecule has 2 heteroatoms. The Morgan fingerprint density at radius 1 is 1.60 bits per heavy atom. The van der Waals surface area contributed by atoms with E-state index in [0.717, 1.165) is 5.56 Å². The summed E-state index contributed by atoms with van der Waals surface area (Å²) in [4.78, 5) is 3.94. The van der Waals surface area contributed by atoms with Gasteiger partial charge in [0.15, 0.2) is 0 Å². The Hall–Kier alpha value is -0.820. The van der Waals surface area contributed by atoms with Gasteiger partial charge in [0.05, 0.1) is 0 Å². The summed E-state index contributed by atoms with van der Waals surface area (Å²) in [6.07, 6.45) is 7.37. The van der Waals surface area contributed by atoms with Gasteiger partial charge in [0, 0.05) is 18.3 Å². The summed E-state index contributed by atoms with van der Waals surface area (Å²) < 4.78 is 0. The fourth-order valence-electron chi connectivity index (χ4n) is 0.655. The van der Waals surface area contributed by atoms with Crippen molar-refractivity contribution in [3.63, 3.8) is 0 Å². The smallest absolute Gasteiger partial charge is 0.0407 e. The number of pyridine rings is 1. The molecule has 0 radical (unpaired) electrons. The maximum Gasteiger partial charge on any atom is 0.0407 e. The van der Waals surface area contributed by atoms with E-state index in [0.29, 0.717) is 5.88 Å². The molecule has 0 aromatic carbocycles. The summed E-state index contributed by atoms with van der Waals surface area (Å²) in [7, 11) is 0. The standard InChI is InChI=1S/C8H8ClN/c9-5-1-3-8-4-2-6-10-7-8/h1-4,6-7H,5H2/b3-1-. The van der Waals surface area contributed by atoms with Crippen LogP contribution in [-0.2, 0) is 0 Å². The van der Waals surface area contributed by atoms with Crippen LogP contribution in [0.25, 0.3) is 6.08 Å². The fourth-order valence-corrected chi connectivity index (χ4v) is 0.744. The van der Waals surface area contributed by atoms with Crippen molar-refractivity contribution in [2.45, 2.75) is 0 Å². The van der Waals surface area contributed by atoms with Gasteiger partial charge in [0.1, 0.15) is 0 Å². The molecule has 0 saturated carbocycles. The summed E-state index contributed by atoms with van der Waals surface area (Å²) in [6, 6.07) is 3.88. The minimum absolute atomic E-state index is 0.550. The molecule has 0 unspecified atom stereocenters. The zero-order valence-electron chi connectivity index (χ0n) is 5.50. The van der Waals surface area contributed by atoms with Gasteiger partial charge in [-0.3, -0.25) is 4.98 Å². The third-order valence-electron chi connectivity index (χ3n) is 1.08. The molecule has 0 fully saturated rings. The second-order valence-corrected chi connectivity index (χ2v) is 2.15. The molecule has 0 spiro atoms. The molecule has 0 aliphatic heterocycles. The van der Waals surface area contributed by atoms with Gasteiger partial charge in [-0.1, -0.05) is 18.2 Å². The zero-order chi connectivity index (χ0) is 7.23. The van der Waals surface area contributed by atoms with Gasteiger partial charge < -0.3 is 0 Å². The first-order valence-corrected chi connectivity index (χ1v) is 3.59. The van der Waals surface area contributed by atoms with E-state index >= 15 is 0 Å². The summed E-state index contributed by atoms with van der Waals surface area (Å²) >= 11 is 5.44. The van der Waals surface area contributed by atoms with Gasteiger partial charge in [-0.05, 0) is 11.6 Å². The number of allylic oxidation sites excluding steroid dienone is 1. The Kier molecular flexibility index (Phi) is 2.97. The monoisotopic (exact) mass is 153 g/mol. The van der Waals surface area contributed by atoms with Gasteiger partial charge >= 0.3 is 0 Å². The highest BCUT2D eigenvalue weighted by Crippen LogP contribution is 1.97. The van der Waals surface area contributed by atoms with E-state index in [1.807, 2.05) is 24.3 Å². The normalized spacial score (nSPS) is 10.5. The lowest BCUT2D eigenvalue weighted by atomic mass is 10.3. The first kappa shape index (κ1) is 7.29. The molecule has 1 nitrogen and oxygen atoms in total. The van der Waals surface area contributed by atoms with Gasteiger partial charge in [0.25, 0.3) is 0 Å². The predicted octanol–water partition coefficient (Wildman–Crippen LogP) is 2.33. The highest BCUT2D eigenvalue weighted by Gasteiger charge is 1.80. The summed E-state index contributed by atoms with van der Waals surface area (Å²) in [6.45, 7) is 0. The minimum Gasteiger partial charge on any atom is -0.264 e. The second kappa shape index (κ2) is 4.07. The van der Waals surface area contributed by atoms with E-state index in [1.54, 1.807) is 12.4 Å². The number of aromatic nitrogens is 1. The van der Waals surface area contributed by atoms with Crippen LogP contribution in [-0.4, -0.2) is 10.9 Å². The second-order valence-electron chi connectivity index (χ2n) is 1.84. The van der Waals surface area contributed by atoms with Crippen LogP contribution in [0.15, 0.2) is 30.6 Å². The van der Waals surface area contributed by atoms with Gasteiger partial charge in [-0.25, -0.2) is 0 Å². The molecule has 0 aliphatic rings. The Morgan fingerprint density at radius 3 is 3.10 bits per heavy atom. The Bertz CT molecular complexity index is 206. The van der Waals surface area contributed by atoms with E-state index in [4.69, 9.17) is 11.6 Å². The molecule has 0 saturated heterocycles. The van der Waals surface area contributed by atoms with Crippen LogP contribution in [0.5, 0.6) is 0 Å². The lowest BCUT2D eigenvalue weighted by molar-refractivity contribution is 1.32. The Balaban J connectivity index is 2.67. The summed E-state index contributed by atoms with van der Waals surface area (Å²) in [5.74, 6) is 0.550.